The number of benzene rings is 1. The second-order valence-corrected chi connectivity index (χ2v) is 6.41. The highest BCUT2D eigenvalue weighted by Crippen LogP contribution is 2.35. The Bertz CT molecular complexity index is 733. The lowest BCUT2D eigenvalue weighted by atomic mass is 10.1. The molecule has 1 aliphatic heterocycles. The van der Waals surface area contributed by atoms with Crippen molar-refractivity contribution in [1.29, 1.82) is 0 Å². The van der Waals surface area contributed by atoms with E-state index < -0.39 is 17.6 Å². The molecule has 0 radical (unpaired) electrons. The molecule has 0 fully saturated rings. The average Bonchev–Trinajstić information content (AvgIpc) is 2.46. The highest BCUT2D eigenvalue weighted by molar-refractivity contribution is 14.1. The van der Waals surface area contributed by atoms with Crippen LogP contribution in [0.3, 0.4) is 0 Å². The van der Waals surface area contributed by atoms with Gasteiger partial charge in [0.1, 0.15) is 11.6 Å². The van der Waals surface area contributed by atoms with E-state index in [2.05, 4.69) is 32.9 Å². The van der Waals surface area contributed by atoms with E-state index >= 15 is 0 Å². The molecule has 3 nitrogen and oxygen atoms in total. The van der Waals surface area contributed by atoms with Crippen LogP contribution >= 0.6 is 22.6 Å². The molecule has 2 heterocycles. The van der Waals surface area contributed by atoms with Crippen LogP contribution in [0.5, 0.6) is 0 Å². The molecule has 0 spiro atoms. The smallest absolute Gasteiger partial charge is 0.367 e. The largest absolute Gasteiger partial charge is 0.416 e. The lowest BCUT2D eigenvalue weighted by Gasteiger charge is -2.32. The Morgan fingerprint density at radius 3 is 2.78 bits per heavy atom. The number of hydrogen-bond acceptors (Lipinski definition) is 3. The number of pyridine rings is 1. The number of fused-ring (bicyclic) bond motifs is 1. The topological polar surface area (TPSA) is 28.2 Å². The maximum absolute atomic E-state index is 13.4. The molecule has 23 heavy (non-hydrogen) atoms. The van der Waals surface area contributed by atoms with Crippen molar-refractivity contribution in [3.05, 3.63) is 51.0 Å². The highest BCUT2D eigenvalue weighted by Gasteiger charge is 2.34. The first-order valence-corrected chi connectivity index (χ1v) is 7.92. The number of halogens is 5. The van der Waals surface area contributed by atoms with Crippen LogP contribution in [-0.2, 0) is 12.7 Å². The number of anilines is 2. The van der Waals surface area contributed by atoms with E-state index in [9.17, 15) is 17.6 Å². The molecule has 122 valence electrons. The number of nitrogens with zero attached hydrogens (tertiary/aromatic N) is 2. The van der Waals surface area contributed by atoms with Crippen LogP contribution in [0, 0.1) is 9.39 Å². The van der Waals surface area contributed by atoms with Crippen LogP contribution in [0.4, 0.5) is 29.1 Å². The van der Waals surface area contributed by atoms with Crippen molar-refractivity contribution >= 4 is 34.1 Å². The van der Waals surface area contributed by atoms with Crippen molar-refractivity contribution in [1.82, 2.24) is 4.98 Å². The number of nitrogens with one attached hydrogen (secondary N) is 1. The second kappa shape index (κ2) is 6.14. The Morgan fingerprint density at radius 2 is 2.04 bits per heavy atom. The summed E-state index contributed by atoms with van der Waals surface area (Å²) < 4.78 is 53.7. The Balaban J connectivity index is 1.98. The van der Waals surface area contributed by atoms with E-state index in [1.165, 1.54) is 0 Å². The minimum Gasteiger partial charge on any atom is -0.367 e. The standard InChI is InChI=1S/C15H12F4IN3/c16-10-1-2-12(15(17,18)19)9(5-10)8-23-4-3-21-14-13(23)6-11(20)7-22-14/h1-2,5-7H,3-4,8H2,(H,21,22). The molecule has 0 amide bonds. The zero-order valence-electron chi connectivity index (χ0n) is 11.8. The highest BCUT2D eigenvalue weighted by atomic mass is 127. The fraction of sp³-hybridized carbons (Fsp3) is 0.267. The Hall–Kier alpha value is -1.58. The van der Waals surface area contributed by atoms with Gasteiger partial charge in [-0.25, -0.2) is 9.37 Å². The number of rotatable bonds is 2. The summed E-state index contributed by atoms with van der Waals surface area (Å²) in [6, 6.07) is 4.43. The number of aromatic nitrogens is 1. The van der Waals surface area contributed by atoms with Crippen molar-refractivity contribution in [2.45, 2.75) is 12.7 Å². The first kappa shape index (κ1) is 16.3. The van der Waals surface area contributed by atoms with E-state index in [-0.39, 0.29) is 12.1 Å². The van der Waals surface area contributed by atoms with Crippen LogP contribution in [0.2, 0.25) is 0 Å². The SMILES string of the molecule is Fc1ccc(C(F)(F)F)c(CN2CCNc3ncc(I)cc32)c1. The van der Waals surface area contributed by atoms with Gasteiger partial charge in [0, 0.05) is 29.4 Å². The molecule has 1 aromatic heterocycles. The fourth-order valence-corrected chi connectivity index (χ4v) is 3.01. The third-order valence-corrected chi connectivity index (χ3v) is 4.17. The molecule has 0 saturated heterocycles. The average molecular weight is 437 g/mol. The predicted molar refractivity (Wildman–Crippen MR) is 87.9 cm³/mol. The molecule has 0 saturated carbocycles. The van der Waals surface area contributed by atoms with E-state index in [1.54, 1.807) is 11.1 Å². The first-order valence-electron chi connectivity index (χ1n) is 6.84. The van der Waals surface area contributed by atoms with Crippen LogP contribution in [0.1, 0.15) is 11.1 Å². The lowest BCUT2D eigenvalue weighted by molar-refractivity contribution is -0.138. The maximum atomic E-state index is 13.4. The van der Waals surface area contributed by atoms with Gasteiger partial charge in [-0.05, 0) is 52.4 Å². The quantitative estimate of drug-likeness (QED) is 0.562. The lowest BCUT2D eigenvalue weighted by Crippen LogP contribution is -2.34. The van der Waals surface area contributed by atoms with Gasteiger partial charge >= 0.3 is 6.18 Å². The summed E-state index contributed by atoms with van der Waals surface area (Å²) in [5.41, 5.74) is -0.165. The van der Waals surface area contributed by atoms with E-state index in [0.29, 0.717) is 18.9 Å². The Labute approximate surface area is 143 Å². The van der Waals surface area contributed by atoms with E-state index in [1.807, 2.05) is 6.07 Å². The van der Waals surface area contributed by atoms with Gasteiger partial charge < -0.3 is 10.2 Å². The summed E-state index contributed by atoms with van der Waals surface area (Å²) in [4.78, 5) is 6.03. The summed E-state index contributed by atoms with van der Waals surface area (Å²) in [6.07, 6.45) is -2.83. The van der Waals surface area contributed by atoms with Crippen molar-refractivity contribution < 1.29 is 17.6 Å². The number of hydrogen-bond donors (Lipinski definition) is 1. The molecular formula is C15H12F4IN3. The van der Waals surface area contributed by atoms with Crippen LogP contribution in [0.25, 0.3) is 0 Å². The van der Waals surface area contributed by atoms with Crippen molar-refractivity contribution in [3.63, 3.8) is 0 Å². The minimum absolute atomic E-state index is 0.0247. The normalized spacial score (nSPS) is 14.4. The predicted octanol–water partition coefficient (Wildman–Crippen LogP) is 4.28. The second-order valence-electron chi connectivity index (χ2n) is 5.17. The van der Waals surface area contributed by atoms with E-state index in [4.69, 9.17) is 0 Å². The maximum Gasteiger partial charge on any atom is 0.416 e. The molecule has 0 aliphatic carbocycles. The Kier molecular flexibility index (Phi) is 4.35. The third kappa shape index (κ3) is 3.51. The molecule has 0 atom stereocenters. The van der Waals surface area contributed by atoms with Gasteiger partial charge in [-0.2, -0.15) is 13.2 Å². The molecule has 1 aromatic carbocycles. The molecule has 0 bridgehead atoms. The molecule has 3 rings (SSSR count). The van der Waals surface area contributed by atoms with Gasteiger partial charge in [0.25, 0.3) is 0 Å². The van der Waals surface area contributed by atoms with Gasteiger partial charge in [0.15, 0.2) is 0 Å². The Morgan fingerprint density at radius 1 is 1.26 bits per heavy atom. The van der Waals surface area contributed by atoms with E-state index in [0.717, 1.165) is 27.5 Å². The zero-order chi connectivity index (χ0) is 16.6. The summed E-state index contributed by atoms with van der Waals surface area (Å²) in [7, 11) is 0. The summed E-state index contributed by atoms with van der Waals surface area (Å²) >= 11 is 2.09. The fourth-order valence-electron chi connectivity index (χ4n) is 2.58. The van der Waals surface area contributed by atoms with Crippen molar-refractivity contribution in [2.24, 2.45) is 0 Å². The third-order valence-electron chi connectivity index (χ3n) is 3.58. The summed E-state index contributed by atoms with van der Waals surface area (Å²) in [6.45, 7) is 1.06. The van der Waals surface area contributed by atoms with Gasteiger partial charge in [0.2, 0.25) is 0 Å². The molecule has 1 aliphatic rings. The van der Waals surface area contributed by atoms with Crippen LogP contribution in [-0.4, -0.2) is 18.1 Å². The first-order chi connectivity index (χ1) is 10.8. The minimum atomic E-state index is -4.51. The van der Waals surface area contributed by atoms with Crippen molar-refractivity contribution in [3.8, 4) is 0 Å². The van der Waals surface area contributed by atoms with Crippen molar-refractivity contribution in [2.75, 3.05) is 23.3 Å². The van der Waals surface area contributed by atoms with Gasteiger partial charge in [-0.1, -0.05) is 0 Å². The van der Waals surface area contributed by atoms with Gasteiger partial charge in [-0.3, -0.25) is 0 Å². The van der Waals surface area contributed by atoms with Gasteiger partial charge in [0.05, 0.1) is 11.3 Å². The number of alkyl halides is 3. The molecule has 2 aromatic rings. The molecule has 0 unspecified atom stereocenters. The molecule has 8 heteroatoms. The summed E-state index contributed by atoms with van der Waals surface area (Å²) in [5, 5.41) is 3.11. The zero-order valence-corrected chi connectivity index (χ0v) is 13.9. The molecular weight excluding hydrogens is 425 g/mol. The summed E-state index contributed by atoms with van der Waals surface area (Å²) in [5.74, 6) is -0.0502. The molecule has 1 N–H and O–H groups in total. The van der Waals surface area contributed by atoms with Gasteiger partial charge in [-0.15, -0.1) is 0 Å². The van der Waals surface area contributed by atoms with Crippen LogP contribution < -0.4 is 10.2 Å². The van der Waals surface area contributed by atoms with Crippen LogP contribution in [0.15, 0.2) is 30.5 Å². The monoisotopic (exact) mass is 437 g/mol.